The normalized spacial score (nSPS) is 17.2. The fraction of sp³-hybridized carbons (Fsp3) is 0.429. The van der Waals surface area contributed by atoms with Gasteiger partial charge in [0, 0.05) is 33.1 Å². The van der Waals surface area contributed by atoms with Crippen molar-refractivity contribution in [2.75, 3.05) is 26.2 Å². The summed E-state index contributed by atoms with van der Waals surface area (Å²) in [6, 6.07) is 8.73. The summed E-state index contributed by atoms with van der Waals surface area (Å²) < 4.78 is 0. The number of hydrogen-bond acceptors (Lipinski definition) is 3. The first kappa shape index (κ1) is 13.5. The summed E-state index contributed by atoms with van der Waals surface area (Å²) in [6.45, 7) is 3.83. The molecule has 5 heteroatoms. The first-order valence-corrected chi connectivity index (χ1v) is 6.44. The van der Waals surface area contributed by atoms with Crippen LogP contribution in [0.4, 0.5) is 0 Å². The molecular weight excluding hydrogens is 242 g/mol. The Morgan fingerprint density at radius 1 is 1.05 bits per heavy atom. The monoisotopic (exact) mass is 261 g/mol. The van der Waals surface area contributed by atoms with Crippen LogP contribution in [-0.2, 0) is 9.59 Å². The Morgan fingerprint density at radius 3 is 2.11 bits per heavy atom. The van der Waals surface area contributed by atoms with Gasteiger partial charge in [-0.25, -0.2) is 0 Å². The van der Waals surface area contributed by atoms with Crippen LogP contribution in [0, 0.1) is 0 Å². The van der Waals surface area contributed by atoms with Crippen LogP contribution < -0.4 is 5.73 Å². The summed E-state index contributed by atoms with van der Waals surface area (Å²) in [5.41, 5.74) is 6.81. The second-order valence-electron chi connectivity index (χ2n) is 4.72. The van der Waals surface area contributed by atoms with Crippen LogP contribution in [0.15, 0.2) is 30.3 Å². The van der Waals surface area contributed by atoms with E-state index in [1.165, 1.54) is 0 Å². The molecule has 0 spiro atoms. The highest BCUT2D eigenvalue weighted by Gasteiger charge is 2.26. The first-order chi connectivity index (χ1) is 9.09. The van der Waals surface area contributed by atoms with Gasteiger partial charge in [-0.05, 0) is 5.56 Å². The second-order valence-corrected chi connectivity index (χ2v) is 4.72. The summed E-state index contributed by atoms with van der Waals surface area (Å²) >= 11 is 0. The molecular formula is C14H19N3O2. The van der Waals surface area contributed by atoms with Crippen molar-refractivity contribution in [3.8, 4) is 0 Å². The van der Waals surface area contributed by atoms with Gasteiger partial charge in [0.2, 0.25) is 11.8 Å². The highest BCUT2D eigenvalue weighted by atomic mass is 16.2. The van der Waals surface area contributed by atoms with Crippen LogP contribution in [0.2, 0.25) is 0 Å². The summed E-state index contributed by atoms with van der Waals surface area (Å²) in [5.74, 6) is -0.0196. The molecule has 1 aliphatic heterocycles. The fourth-order valence-electron chi connectivity index (χ4n) is 2.24. The van der Waals surface area contributed by atoms with Crippen LogP contribution in [-0.4, -0.2) is 47.8 Å². The standard InChI is InChI=1S/C14H19N3O2/c1-11(18)16-7-9-17(10-8-16)14(19)13(15)12-5-3-2-4-6-12/h2-6,13H,7-10,15H2,1H3/t13-/m0/s1. The quantitative estimate of drug-likeness (QED) is 0.837. The molecule has 1 aromatic carbocycles. The topological polar surface area (TPSA) is 66.6 Å². The molecule has 1 fully saturated rings. The molecule has 0 unspecified atom stereocenters. The molecule has 19 heavy (non-hydrogen) atoms. The number of nitrogens with zero attached hydrogens (tertiary/aromatic N) is 2. The molecule has 1 aliphatic rings. The van der Waals surface area contributed by atoms with Crippen LogP contribution in [0.25, 0.3) is 0 Å². The van der Waals surface area contributed by atoms with Crippen molar-refractivity contribution in [3.63, 3.8) is 0 Å². The predicted octanol–water partition coefficient (Wildman–Crippen LogP) is 0.377. The Kier molecular flexibility index (Phi) is 4.16. The Balaban J connectivity index is 1.96. The van der Waals surface area contributed by atoms with Crippen LogP contribution in [0.3, 0.4) is 0 Å². The number of piperazine rings is 1. The minimum absolute atomic E-state index is 0.0551. The lowest BCUT2D eigenvalue weighted by Crippen LogP contribution is -2.52. The number of carbonyl (C=O) groups is 2. The van der Waals surface area contributed by atoms with Crippen molar-refractivity contribution in [1.82, 2.24) is 9.80 Å². The maximum atomic E-state index is 12.3. The Bertz CT molecular complexity index is 453. The number of hydrogen-bond donors (Lipinski definition) is 1. The third kappa shape index (κ3) is 3.12. The van der Waals surface area contributed by atoms with Gasteiger partial charge in [0.25, 0.3) is 0 Å². The molecule has 0 saturated carbocycles. The zero-order valence-electron chi connectivity index (χ0n) is 11.1. The van der Waals surface area contributed by atoms with Gasteiger partial charge in [-0.2, -0.15) is 0 Å². The molecule has 2 rings (SSSR count). The Labute approximate surface area is 113 Å². The van der Waals surface area contributed by atoms with E-state index in [2.05, 4.69) is 0 Å². The highest BCUT2D eigenvalue weighted by molar-refractivity contribution is 5.83. The van der Waals surface area contributed by atoms with Gasteiger partial charge in [-0.1, -0.05) is 30.3 Å². The zero-order valence-corrected chi connectivity index (χ0v) is 11.1. The molecule has 1 atom stereocenters. The van der Waals surface area contributed by atoms with E-state index in [9.17, 15) is 9.59 Å². The molecule has 2 amide bonds. The second kappa shape index (κ2) is 5.84. The number of benzene rings is 1. The van der Waals surface area contributed by atoms with Crippen molar-refractivity contribution >= 4 is 11.8 Å². The minimum Gasteiger partial charge on any atom is -0.339 e. The molecule has 102 valence electrons. The number of carbonyl (C=O) groups excluding carboxylic acids is 2. The van der Waals surface area contributed by atoms with Gasteiger partial charge in [-0.15, -0.1) is 0 Å². The van der Waals surface area contributed by atoms with E-state index in [-0.39, 0.29) is 11.8 Å². The van der Waals surface area contributed by atoms with Crippen LogP contribution in [0.1, 0.15) is 18.5 Å². The molecule has 1 aromatic rings. The van der Waals surface area contributed by atoms with Gasteiger partial charge in [0.15, 0.2) is 0 Å². The Morgan fingerprint density at radius 2 is 1.58 bits per heavy atom. The zero-order chi connectivity index (χ0) is 13.8. The maximum absolute atomic E-state index is 12.3. The fourth-order valence-corrected chi connectivity index (χ4v) is 2.24. The van der Waals surface area contributed by atoms with E-state index < -0.39 is 6.04 Å². The van der Waals surface area contributed by atoms with Gasteiger partial charge < -0.3 is 15.5 Å². The molecule has 2 N–H and O–H groups in total. The van der Waals surface area contributed by atoms with E-state index in [0.717, 1.165) is 5.56 Å². The summed E-state index contributed by atoms with van der Waals surface area (Å²) in [5, 5.41) is 0. The third-order valence-corrected chi connectivity index (χ3v) is 3.46. The first-order valence-electron chi connectivity index (χ1n) is 6.44. The SMILES string of the molecule is CC(=O)N1CCN(C(=O)[C@@H](N)c2ccccc2)CC1. The van der Waals surface area contributed by atoms with Gasteiger partial charge in [0.1, 0.15) is 6.04 Å². The van der Waals surface area contributed by atoms with E-state index in [4.69, 9.17) is 5.73 Å². The van der Waals surface area contributed by atoms with Crippen molar-refractivity contribution in [2.24, 2.45) is 5.73 Å². The minimum atomic E-state index is -0.620. The van der Waals surface area contributed by atoms with Crippen molar-refractivity contribution in [1.29, 1.82) is 0 Å². The summed E-state index contributed by atoms with van der Waals surface area (Å²) in [7, 11) is 0. The van der Waals surface area contributed by atoms with Crippen molar-refractivity contribution in [2.45, 2.75) is 13.0 Å². The number of rotatable bonds is 2. The lowest BCUT2D eigenvalue weighted by Gasteiger charge is -2.35. The van der Waals surface area contributed by atoms with Crippen LogP contribution in [0.5, 0.6) is 0 Å². The number of amides is 2. The average Bonchev–Trinajstić information content (AvgIpc) is 2.46. The van der Waals surface area contributed by atoms with E-state index in [0.29, 0.717) is 26.2 Å². The molecule has 1 heterocycles. The van der Waals surface area contributed by atoms with E-state index >= 15 is 0 Å². The van der Waals surface area contributed by atoms with Crippen molar-refractivity contribution < 1.29 is 9.59 Å². The highest BCUT2D eigenvalue weighted by Crippen LogP contribution is 2.14. The van der Waals surface area contributed by atoms with Gasteiger partial charge in [0.05, 0.1) is 0 Å². The van der Waals surface area contributed by atoms with Crippen molar-refractivity contribution in [3.05, 3.63) is 35.9 Å². The Hall–Kier alpha value is -1.88. The average molecular weight is 261 g/mol. The number of nitrogens with two attached hydrogens (primary N) is 1. The maximum Gasteiger partial charge on any atom is 0.244 e. The molecule has 1 saturated heterocycles. The smallest absolute Gasteiger partial charge is 0.244 e. The van der Waals surface area contributed by atoms with E-state index in [1.807, 2.05) is 30.3 Å². The molecule has 0 bridgehead atoms. The molecule has 0 radical (unpaired) electrons. The van der Waals surface area contributed by atoms with Crippen LogP contribution >= 0.6 is 0 Å². The summed E-state index contributed by atoms with van der Waals surface area (Å²) in [4.78, 5) is 27.0. The van der Waals surface area contributed by atoms with Gasteiger partial charge >= 0.3 is 0 Å². The molecule has 5 nitrogen and oxygen atoms in total. The van der Waals surface area contributed by atoms with Gasteiger partial charge in [-0.3, -0.25) is 9.59 Å². The summed E-state index contributed by atoms with van der Waals surface area (Å²) in [6.07, 6.45) is 0. The lowest BCUT2D eigenvalue weighted by atomic mass is 10.1. The lowest BCUT2D eigenvalue weighted by molar-refractivity contribution is -0.139. The largest absolute Gasteiger partial charge is 0.339 e. The molecule has 0 aromatic heterocycles. The molecule has 0 aliphatic carbocycles. The third-order valence-electron chi connectivity index (χ3n) is 3.46. The predicted molar refractivity (Wildman–Crippen MR) is 72.2 cm³/mol. The van der Waals surface area contributed by atoms with E-state index in [1.54, 1.807) is 16.7 Å².